The molecule has 40 nitrogen and oxygen atoms in total. The van der Waals surface area contributed by atoms with E-state index < -0.39 is 30.7 Å². The summed E-state index contributed by atoms with van der Waals surface area (Å²) in [7, 11) is -9.89. The Morgan fingerprint density at radius 2 is 0.240 bits per heavy atom. The van der Waals surface area contributed by atoms with Gasteiger partial charge in [-0.1, -0.05) is 152 Å². The molecule has 49 heteroatoms. The average Bonchev–Trinajstić information content (AvgIpc) is 1.05. The summed E-state index contributed by atoms with van der Waals surface area (Å²) in [4.78, 5) is 61.9. The first-order valence-corrected chi connectivity index (χ1v) is 33.8. The van der Waals surface area contributed by atoms with Crippen molar-refractivity contribution < 1.29 is 249 Å². The van der Waals surface area contributed by atoms with Crippen LogP contribution in [-0.2, 0) is 199 Å². The van der Waals surface area contributed by atoms with Crippen LogP contribution in [0.1, 0.15) is 68.3 Å². The van der Waals surface area contributed by atoms with Gasteiger partial charge in [-0.3, -0.25) is 59.8 Å². The summed E-state index contributed by atoms with van der Waals surface area (Å²) in [6.07, 6.45) is 19.4. The summed E-state index contributed by atoms with van der Waals surface area (Å²) < 4.78 is 67.9. The second kappa shape index (κ2) is 98.8. The van der Waals surface area contributed by atoms with Crippen molar-refractivity contribution in [3.8, 4) is 0 Å². The number of pyridine rings is 12. The van der Waals surface area contributed by atoms with Crippen LogP contribution in [0.15, 0.2) is 293 Å². The van der Waals surface area contributed by atoms with Crippen LogP contribution in [0.3, 0.4) is 0 Å². The van der Waals surface area contributed by atoms with E-state index in [9.17, 15) is 61.3 Å². The largest absolute Gasteiger partial charge is 3.00 e. The number of nitrogens with zero attached hydrogens (tertiary/aromatic N) is 14. The van der Waals surface area contributed by atoms with E-state index in [0.717, 1.165) is 0 Å². The number of hydrogen-bond donors (Lipinski definition) is 0. The van der Waals surface area contributed by atoms with Gasteiger partial charge in [-0.05, 0) is 146 Å². The standard InChI is InChI=1S/12C6H6NO.2ClHO4.2Cr.5Cu.2NO3/c12*8-5-6-3-1-2-4-7-6;2*2-1(3,4)5;;;;;;;;2*2-1(3)4/h12*1-4H,5H2;2*(H,2,3,4,5);;;;;;;;;/q12*-1;;;2*+3;5*+2;2*-1/p-2. The fourth-order valence-electron chi connectivity index (χ4n) is 5.80. The quantitative estimate of drug-likeness (QED) is 0.0622. The van der Waals surface area contributed by atoms with Crippen LogP contribution in [0.2, 0.25) is 0 Å². The van der Waals surface area contributed by atoms with Crippen LogP contribution in [0.5, 0.6) is 0 Å². The molecule has 0 aliphatic rings. The van der Waals surface area contributed by atoms with Gasteiger partial charge in [-0.2, -0.15) is 0 Å². The zero-order chi connectivity index (χ0) is 86.0. The molecule has 12 heterocycles. The molecule has 0 aliphatic heterocycles. The first-order chi connectivity index (χ1) is 54.6. The zero-order valence-electron chi connectivity index (χ0n) is 62.2. The SMILES string of the molecule is O=[N+]([O-])[O-].O=[N+]([O-])[O-].[Cr+3].[Cr+3].[Cu+2].[Cu+2].[Cu+2].[Cu+2].[Cu+2].[O-]Cc1ccccn1.[O-]Cc1ccccn1.[O-]Cc1ccccn1.[O-]Cc1ccccn1.[O-]Cc1ccccn1.[O-]Cc1ccccn1.[O-]Cc1ccccn1.[O-]Cc1ccccn1.[O-]Cc1ccccn1.[O-]Cc1ccccn1.[O-]Cc1ccccn1.[O-]Cc1ccccn1.[O-][Cl+3]([O-])([O-])[O-].[O-][Cl+3]([O-])([O-])[O-]. The number of aromatic nitrogens is 12. The van der Waals surface area contributed by atoms with Crippen LogP contribution in [0.4, 0.5) is 0 Å². The fourth-order valence-corrected chi connectivity index (χ4v) is 5.80. The smallest absolute Gasteiger partial charge is 0.850 e. The molecule has 0 bridgehead atoms. The Hall–Kier alpha value is -8.36. The molecule has 0 amide bonds. The summed E-state index contributed by atoms with van der Waals surface area (Å²) in [5.74, 6) is 0. The molecule has 0 spiro atoms. The molecule has 0 aliphatic carbocycles. The van der Waals surface area contributed by atoms with Crippen LogP contribution in [0.25, 0.3) is 0 Å². The first kappa shape index (κ1) is 136. The van der Waals surface area contributed by atoms with Crippen molar-refractivity contribution in [2.75, 3.05) is 0 Å². The Bertz CT molecular complexity index is 3130. The summed E-state index contributed by atoms with van der Waals surface area (Å²) >= 11 is 0. The molecule has 12 aromatic heterocycles. The van der Waals surface area contributed by atoms with E-state index in [1.165, 1.54) is 0 Å². The third-order valence-corrected chi connectivity index (χ3v) is 10.5. The Morgan fingerprint density at radius 3 is 0.264 bits per heavy atom. The second-order valence-corrected chi connectivity index (χ2v) is 20.3. The molecule has 0 N–H and O–H groups in total. The first-order valence-electron chi connectivity index (χ1n) is 31.3. The maximum Gasteiger partial charge on any atom is 3.00 e. The summed E-state index contributed by atoms with van der Waals surface area (Å²) in [6, 6.07) is 63.7. The zero-order valence-corrected chi connectivity index (χ0v) is 70.9. The molecule has 7 radical (unpaired) electrons. The second-order valence-electron chi connectivity index (χ2n) is 18.8. The Labute approximate surface area is 773 Å². The maximum atomic E-state index is 10.1. The number of rotatable bonds is 12. The van der Waals surface area contributed by atoms with E-state index in [1.807, 2.05) is 0 Å². The fraction of sp³-hybridized carbons (Fsp3) is 0.167. The Kier molecular flexibility index (Phi) is 111. The van der Waals surface area contributed by atoms with Gasteiger partial charge in [0.2, 0.25) is 0 Å². The summed E-state index contributed by atoms with van der Waals surface area (Å²) in [5, 5.41) is 150. The molecule has 0 saturated heterocycles. The van der Waals surface area contributed by atoms with E-state index in [-0.39, 0.29) is 199 Å². The molecule has 667 valence electrons. The van der Waals surface area contributed by atoms with Crippen LogP contribution < -0.4 is 98.6 Å². The van der Waals surface area contributed by atoms with E-state index >= 15 is 0 Å². The third-order valence-electron chi connectivity index (χ3n) is 10.5. The van der Waals surface area contributed by atoms with Crippen molar-refractivity contribution >= 4 is 0 Å². The molecule has 0 saturated carbocycles. The molecule has 0 unspecified atom stereocenters. The van der Waals surface area contributed by atoms with Gasteiger partial charge >= 0.3 is 120 Å². The van der Waals surface area contributed by atoms with Gasteiger partial charge in [0.25, 0.3) is 0 Å². The predicted octanol–water partition coefficient (Wildman–Crippen LogP) is -10.7. The molecule has 121 heavy (non-hydrogen) atoms. The minimum Gasteiger partial charge on any atom is -0.850 e. The molecule has 0 fully saturated rings. The predicted molar refractivity (Wildman–Crippen MR) is 356 cm³/mol. The number of halogens is 2. The molecule has 12 aromatic rings. The van der Waals surface area contributed by atoms with Crippen molar-refractivity contribution in [3.63, 3.8) is 0 Å². The third kappa shape index (κ3) is 108. The monoisotopic (exact) mass is 2040 g/mol. The van der Waals surface area contributed by atoms with Gasteiger partial charge in [0, 0.05) is 143 Å². The minimum atomic E-state index is -4.94. The summed E-state index contributed by atoms with van der Waals surface area (Å²) in [5.41, 5.74) is 7.25. The van der Waals surface area contributed by atoms with Crippen LogP contribution in [0, 0.1) is 51.1 Å². The molecule has 0 aromatic carbocycles. The normalized spacial score (nSPS) is 8.63. The van der Waals surface area contributed by atoms with Gasteiger partial charge in [0.1, 0.15) is 0 Å². The van der Waals surface area contributed by atoms with Crippen molar-refractivity contribution in [3.05, 3.63) is 392 Å². The van der Waals surface area contributed by atoms with Crippen molar-refractivity contribution in [2.45, 2.75) is 79.3 Å². The van der Waals surface area contributed by atoms with Gasteiger partial charge in [-0.15, -0.1) is 20.5 Å². The van der Waals surface area contributed by atoms with E-state index in [1.54, 1.807) is 293 Å². The Morgan fingerprint density at radius 1 is 0.182 bits per heavy atom. The Balaban J connectivity index is -0.000000119. The van der Waals surface area contributed by atoms with E-state index in [2.05, 4.69) is 59.8 Å². The molecular formula is C72H72Cl2Cr2Cu5N14O26. The minimum absolute atomic E-state index is 0. The molecule has 12 rings (SSSR count). The van der Waals surface area contributed by atoms with Crippen molar-refractivity contribution in [1.82, 2.24) is 59.8 Å². The maximum absolute atomic E-state index is 10.1. The van der Waals surface area contributed by atoms with E-state index in [0.29, 0.717) is 68.3 Å². The molecule has 0 atom stereocenters. The van der Waals surface area contributed by atoms with Crippen LogP contribution in [-0.4, -0.2) is 70.0 Å². The topological polar surface area (TPSA) is 748 Å². The van der Waals surface area contributed by atoms with Crippen molar-refractivity contribution in [2.24, 2.45) is 0 Å². The van der Waals surface area contributed by atoms with E-state index in [4.69, 9.17) is 67.9 Å². The van der Waals surface area contributed by atoms with Gasteiger partial charge < -0.3 is 91.9 Å². The van der Waals surface area contributed by atoms with Gasteiger partial charge in [0.15, 0.2) is 0 Å². The average molecular weight is 2040 g/mol. The summed E-state index contributed by atoms with van der Waals surface area (Å²) in [6.45, 7) is -2.66. The van der Waals surface area contributed by atoms with Crippen molar-refractivity contribution in [1.29, 1.82) is 0 Å². The van der Waals surface area contributed by atoms with Gasteiger partial charge in [0.05, 0.1) is 10.2 Å². The van der Waals surface area contributed by atoms with Crippen LogP contribution >= 0.6 is 0 Å². The van der Waals surface area contributed by atoms with Gasteiger partial charge in [-0.25, -0.2) is 37.3 Å². The number of hydrogen-bond acceptors (Lipinski definition) is 38. The molecular weight excluding hydrogens is 1970 g/mol.